The van der Waals surface area contributed by atoms with E-state index in [1.165, 1.54) is 19.2 Å². The van der Waals surface area contributed by atoms with Gasteiger partial charge in [0.1, 0.15) is 0 Å². The zero-order chi connectivity index (χ0) is 20.5. The molecule has 1 fully saturated rings. The van der Waals surface area contributed by atoms with E-state index in [2.05, 4.69) is 28.8 Å². The molecular formula is C20H30F2N2O4. The van der Waals surface area contributed by atoms with E-state index in [-0.39, 0.29) is 23.1 Å². The molecule has 1 saturated heterocycles. The summed E-state index contributed by atoms with van der Waals surface area (Å²) in [4.78, 5) is 15.1. The number of ether oxygens (including phenoxy) is 3. The number of para-hydroxylation sites is 1. The van der Waals surface area contributed by atoms with E-state index in [4.69, 9.17) is 9.47 Å². The first-order chi connectivity index (χ1) is 13.5. The lowest BCUT2D eigenvalue weighted by molar-refractivity contribution is -0.0515. The maximum absolute atomic E-state index is 12.8. The molecule has 2 rings (SSSR count). The van der Waals surface area contributed by atoms with Crippen molar-refractivity contribution in [3.05, 3.63) is 23.8 Å². The number of alkyl halides is 2. The number of benzene rings is 1. The molecule has 28 heavy (non-hydrogen) atoms. The summed E-state index contributed by atoms with van der Waals surface area (Å²) in [7, 11) is 1.34. The Hall–Kier alpha value is -1.93. The summed E-state index contributed by atoms with van der Waals surface area (Å²) in [5, 5.41) is 2.91. The Kier molecular flexibility index (Phi) is 8.92. The van der Waals surface area contributed by atoms with E-state index in [0.717, 1.165) is 25.9 Å². The first-order valence-electron chi connectivity index (χ1n) is 9.73. The number of morpholine rings is 1. The molecule has 0 aromatic heterocycles. The first kappa shape index (κ1) is 22.4. The molecule has 1 aromatic carbocycles. The highest BCUT2D eigenvalue weighted by Crippen LogP contribution is 2.32. The summed E-state index contributed by atoms with van der Waals surface area (Å²) >= 11 is 0. The molecule has 1 aliphatic rings. The Balaban J connectivity index is 2.15. The van der Waals surface area contributed by atoms with Crippen LogP contribution in [0.15, 0.2) is 18.2 Å². The van der Waals surface area contributed by atoms with Crippen LogP contribution in [0.1, 0.15) is 37.0 Å². The van der Waals surface area contributed by atoms with Crippen LogP contribution < -0.4 is 14.8 Å². The second kappa shape index (κ2) is 11.2. The van der Waals surface area contributed by atoms with Gasteiger partial charge in [0.15, 0.2) is 11.5 Å². The minimum atomic E-state index is -3.05. The van der Waals surface area contributed by atoms with Gasteiger partial charge in [0.2, 0.25) is 0 Å². The minimum absolute atomic E-state index is 0.0323. The highest BCUT2D eigenvalue weighted by atomic mass is 19.3. The van der Waals surface area contributed by atoms with Crippen LogP contribution in [-0.4, -0.2) is 63.4 Å². The molecule has 8 heteroatoms. The molecule has 1 aliphatic heterocycles. The predicted octanol–water partition coefficient (Wildman–Crippen LogP) is 3.16. The van der Waals surface area contributed by atoms with Gasteiger partial charge in [-0.05, 0) is 18.1 Å². The number of nitrogens with zero attached hydrogens (tertiary/aromatic N) is 1. The Morgan fingerprint density at radius 1 is 1.25 bits per heavy atom. The lowest BCUT2D eigenvalue weighted by Gasteiger charge is -2.38. The van der Waals surface area contributed by atoms with Gasteiger partial charge in [0.25, 0.3) is 5.91 Å². The lowest BCUT2D eigenvalue weighted by Crippen LogP contribution is -2.52. The fraction of sp³-hybridized carbons (Fsp3) is 0.650. The number of halogens is 2. The van der Waals surface area contributed by atoms with Crippen LogP contribution in [0.25, 0.3) is 0 Å². The molecule has 6 nitrogen and oxygen atoms in total. The van der Waals surface area contributed by atoms with E-state index in [9.17, 15) is 13.6 Å². The van der Waals surface area contributed by atoms with Gasteiger partial charge in [-0.1, -0.05) is 32.8 Å². The average Bonchev–Trinajstić information content (AvgIpc) is 2.71. The number of hydrogen-bond acceptors (Lipinski definition) is 5. The largest absolute Gasteiger partial charge is 0.493 e. The van der Waals surface area contributed by atoms with Crippen molar-refractivity contribution in [2.75, 3.05) is 40.0 Å². The molecule has 1 amide bonds. The number of hydrogen-bond donors (Lipinski definition) is 1. The lowest BCUT2D eigenvalue weighted by atomic mass is 9.92. The summed E-state index contributed by atoms with van der Waals surface area (Å²) in [6, 6.07) is 4.67. The zero-order valence-electron chi connectivity index (χ0n) is 16.7. The number of nitrogens with one attached hydrogen (secondary N) is 1. The Labute approximate surface area is 165 Å². The van der Waals surface area contributed by atoms with Crippen molar-refractivity contribution in [3.8, 4) is 11.5 Å². The van der Waals surface area contributed by atoms with E-state index in [0.29, 0.717) is 25.7 Å². The maximum Gasteiger partial charge on any atom is 0.387 e. The summed E-state index contributed by atoms with van der Waals surface area (Å²) in [6.45, 7) is 4.64. The van der Waals surface area contributed by atoms with Crippen molar-refractivity contribution in [1.29, 1.82) is 0 Å². The molecule has 158 valence electrons. The van der Waals surface area contributed by atoms with Crippen molar-refractivity contribution < 1.29 is 27.8 Å². The standard InChI is InChI=1S/C20H30F2N2O4/c1-4-14(5-2)16(24-9-11-27-12-10-24)13-23-19(25)15-7-6-8-17(26-3)18(15)28-20(21)22/h6-8,14,16,20H,4-5,9-13H2,1-3H3,(H,23,25). The van der Waals surface area contributed by atoms with Crippen LogP contribution in [0.2, 0.25) is 0 Å². The van der Waals surface area contributed by atoms with Crippen LogP contribution in [0, 0.1) is 5.92 Å². The monoisotopic (exact) mass is 400 g/mol. The van der Waals surface area contributed by atoms with Gasteiger partial charge in [-0.3, -0.25) is 9.69 Å². The number of amides is 1. The molecule has 0 aliphatic carbocycles. The van der Waals surface area contributed by atoms with Gasteiger partial charge in [-0.2, -0.15) is 8.78 Å². The van der Waals surface area contributed by atoms with E-state index in [1.807, 2.05) is 0 Å². The molecule has 0 spiro atoms. The molecule has 0 radical (unpaired) electrons. The minimum Gasteiger partial charge on any atom is -0.493 e. The second-order valence-corrected chi connectivity index (χ2v) is 6.72. The van der Waals surface area contributed by atoms with Crippen molar-refractivity contribution in [2.24, 2.45) is 5.92 Å². The van der Waals surface area contributed by atoms with E-state index in [1.54, 1.807) is 6.07 Å². The second-order valence-electron chi connectivity index (χ2n) is 6.72. The van der Waals surface area contributed by atoms with Gasteiger partial charge in [-0.25, -0.2) is 0 Å². The predicted molar refractivity (Wildman–Crippen MR) is 102 cm³/mol. The van der Waals surface area contributed by atoms with Gasteiger partial charge in [0.05, 0.1) is 25.9 Å². The number of methoxy groups -OCH3 is 1. The van der Waals surface area contributed by atoms with Crippen LogP contribution in [-0.2, 0) is 4.74 Å². The van der Waals surface area contributed by atoms with E-state index >= 15 is 0 Å². The molecule has 1 unspecified atom stereocenters. The topological polar surface area (TPSA) is 60.0 Å². The third-order valence-electron chi connectivity index (χ3n) is 5.23. The number of carbonyl (C=O) groups excluding carboxylic acids is 1. The fourth-order valence-corrected chi connectivity index (χ4v) is 3.69. The van der Waals surface area contributed by atoms with E-state index < -0.39 is 12.5 Å². The summed E-state index contributed by atoms with van der Waals surface area (Å²) in [5.74, 6) is -0.195. The molecule has 1 aromatic rings. The van der Waals surface area contributed by atoms with Crippen LogP contribution >= 0.6 is 0 Å². The Bertz CT molecular complexity index is 620. The summed E-state index contributed by atoms with van der Waals surface area (Å²) in [5.41, 5.74) is 0.0323. The van der Waals surface area contributed by atoms with Crippen LogP contribution in [0.5, 0.6) is 11.5 Å². The first-order valence-corrected chi connectivity index (χ1v) is 9.73. The third-order valence-corrected chi connectivity index (χ3v) is 5.23. The average molecular weight is 400 g/mol. The van der Waals surface area contributed by atoms with Gasteiger partial charge in [-0.15, -0.1) is 0 Å². The Morgan fingerprint density at radius 2 is 1.93 bits per heavy atom. The molecule has 1 N–H and O–H groups in total. The smallest absolute Gasteiger partial charge is 0.387 e. The maximum atomic E-state index is 12.8. The van der Waals surface area contributed by atoms with Crippen molar-refractivity contribution in [2.45, 2.75) is 39.3 Å². The Morgan fingerprint density at radius 3 is 2.50 bits per heavy atom. The van der Waals surface area contributed by atoms with Crippen molar-refractivity contribution in [3.63, 3.8) is 0 Å². The SMILES string of the molecule is CCC(CC)C(CNC(=O)c1cccc(OC)c1OC(F)F)N1CCOCC1. The molecular weight excluding hydrogens is 370 g/mol. The van der Waals surface area contributed by atoms with Crippen LogP contribution in [0.3, 0.4) is 0 Å². The molecule has 1 atom stereocenters. The molecule has 0 bridgehead atoms. The van der Waals surface area contributed by atoms with Crippen molar-refractivity contribution >= 4 is 5.91 Å². The van der Waals surface area contributed by atoms with Crippen LogP contribution in [0.4, 0.5) is 8.78 Å². The number of rotatable bonds is 10. The molecule has 1 heterocycles. The van der Waals surface area contributed by atoms with Gasteiger partial charge < -0.3 is 19.5 Å². The van der Waals surface area contributed by atoms with Gasteiger partial charge >= 0.3 is 6.61 Å². The zero-order valence-corrected chi connectivity index (χ0v) is 16.7. The van der Waals surface area contributed by atoms with Crippen molar-refractivity contribution in [1.82, 2.24) is 10.2 Å². The third kappa shape index (κ3) is 5.78. The summed E-state index contributed by atoms with van der Waals surface area (Å²) < 4.78 is 40.7. The number of carbonyl (C=O) groups is 1. The fourth-order valence-electron chi connectivity index (χ4n) is 3.69. The highest BCUT2D eigenvalue weighted by Gasteiger charge is 2.28. The van der Waals surface area contributed by atoms with Gasteiger partial charge in [0, 0.05) is 25.7 Å². The summed E-state index contributed by atoms with van der Waals surface area (Å²) in [6.07, 6.45) is 1.99. The molecule has 0 saturated carbocycles. The normalized spacial score (nSPS) is 16.2. The quantitative estimate of drug-likeness (QED) is 0.654. The highest BCUT2D eigenvalue weighted by molar-refractivity contribution is 5.97.